The molecule has 2 fully saturated rings. The highest BCUT2D eigenvalue weighted by Crippen LogP contribution is 2.46. The molecule has 1 amide bonds. The van der Waals surface area contributed by atoms with Gasteiger partial charge in [-0.3, -0.25) is 14.6 Å². The molecular formula is C32H35ClN2O3. The van der Waals surface area contributed by atoms with Crippen molar-refractivity contribution < 1.29 is 14.7 Å². The van der Waals surface area contributed by atoms with Crippen LogP contribution in [0.1, 0.15) is 79.2 Å². The summed E-state index contributed by atoms with van der Waals surface area (Å²) >= 11 is 6.29. The number of carboxylic acid groups (broad SMARTS) is 1. The summed E-state index contributed by atoms with van der Waals surface area (Å²) in [6.07, 6.45) is 8.46. The monoisotopic (exact) mass is 530 g/mol. The van der Waals surface area contributed by atoms with Gasteiger partial charge in [-0.1, -0.05) is 60.8 Å². The largest absolute Gasteiger partial charge is 0.481 e. The maximum Gasteiger partial charge on any atom is 0.303 e. The van der Waals surface area contributed by atoms with Crippen molar-refractivity contribution in [3.05, 3.63) is 82.1 Å². The van der Waals surface area contributed by atoms with Crippen LogP contribution in [-0.2, 0) is 9.59 Å². The second-order valence-electron chi connectivity index (χ2n) is 11.0. The molecular weight excluding hydrogens is 496 g/mol. The summed E-state index contributed by atoms with van der Waals surface area (Å²) in [4.78, 5) is 29.8. The lowest BCUT2D eigenvalue weighted by molar-refractivity contribution is -0.137. The molecule has 2 atom stereocenters. The van der Waals surface area contributed by atoms with Crippen LogP contribution in [0, 0.1) is 25.7 Å². The van der Waals surface area contributed by atoms with Crippen molar-refractivity contribution >= 4 is 29.2 Å². The zero-order chi connectivity index (χ0) is 26.8. The second-order valence-corrected chi connectivity index (χ2v) is 11.4. The second kappa shape index (κ2) is 11.3. The average molecular weight is 531 g/mol. The van der Waals surface area contributed by atoms with Gasteiger partial charge in [0.1, 0.15) is 0 Å². The molecule has 2 aliphatic rings. The van der Waals surface area contributed by atoms with Crippen molar-refractivity contribution in [3.63, 3.8) is 0 Å². The Morgan fingerprint density at radius 1 is 1.00 bits per heavy atom. The Balaban J connectivity index is 1.40. The van der Waals surface area contributed by atoms with Crippen LogP contribution >= 0.6 is 11.6 Å². The van der Waals surface area contributed by atoms with Crippen LogP contribution in [0.15, 0.2) is 54.7 Å². The van der Waals surface area contributed by atoms with Crippen LogP contribution in [0.25, 0.3) is 11.1 Å². The quantitative estimate of drug-likeness (QED) is 0.294. The Kier molecular flexibility index (Phi) is 7.85. The highest BCUT2D eigenvalue weighted by atomic mass is 35.5. The van der Waals surface area contributed by atoms with Crippen LogP contribution in [0.2, 0.25) is 5.02 Å². The fraction of sp³-hybridized carbons (Fsp3) is 0.406. The number of benzene rings is 2. The highest BCUT2D eigenvalue weighted by molar-refractivity contribution is 6.31. The van der Waals surface area contributed by atoms with E-state index in [0.717, 1.165) is 77.7 Å². The van der Waals surface area contributed by atoms with Crippen molar-refractivity contribution in [1.82, 2.24) is 4.98 Å². The summed E-state index contributed by atoms with van der Waals surface area (Å²) in [5, 5.41) is 13.4. The predicted octanol–water partition coefficient (Wildman–Crippen LogP) is 7.90. The maximum absolute atomic E-state index is 13.9. The minimum absolute atomic E-state index is 0.00570. The molecule has 6 heteroatoms. The summed E-state index contributed by atoms with van der Waals surface area (Å²) in [5.74, 6) is -0.305. The number of amides is 1. The molecule has 0 radical (unpaired) electrons. The summed E-state index contributed by atoms with van der Waals surface area (Å²) < 4.78 is 0. The molecule has 0 spiro atoms. The first-order chi connectivity index (χ1) is 18.3. The fourth-order valence-electron chi connectivity index (χ4n) is 6.09. The van der Waals surface area contributed by atoms with Gasteiger partial charge in [0.25, 0.3) is 0 Å². The van der Waals surface area contributed by atoms with Crippen LogP contribution < -0.4 is 5.32 Å². The Hall–Kier alpha value is -3.18. The zero-order valence-electron chi connectivity index (χ0n) is 22.0. The minimum atomic E-state index is -0.774. The number of aliphatic carboxylic acids is 1. The number of carbonyl (C=O) groups excluding carboxylic acids is 1. The number of nitrogens with zero attached hydrogens (tertiary/aromatic N) is 1. The van der Waals surface area contributed by atoms with Gasteiger partial charge in [-0.2, -0.15) is 0 Å². The SMILES string of the molecule is Cc1ncc(-c2ccc(C(C(=O)Nc3cccc(C(CC(=O)O)C4CC4)c3C)C3CCCC3)cc2)cc1Cl. The fourth-order valence-corrected chi connectivity index (χ4v) is 6.26. The van der Waals surface area contributed by atoms with Gasteiger partial charge in [0.2, 0.25) is 5.91 Å². The molecule has 2 unspecified atom stereocenters. The van der Waals surface area contributed by atoms with Gasteiger partial charge < -0.3 is 10.4 Å². The van der Waals surface area contributed by atoms with Gasteiger partial charge in [-0.15, -0.1) is 0 Å². The molecule has 2 N–H and O–H groups in total. The van der Waals surface area contributed by atoms with Gasteiger partial charge in [0, 0.05) is 17.4 Å². The van der Waals surface area contributed by atoms with Gasteiger partial charge >= 0.3 is 5.97 Å². The number of pyridine rings is 1. The number of rotatable bonds is 9. The number of halogens is 1. The first-order valence-corrected chi connectivity index (χ1v) is 14.0. The Labute approximate surface area is 229 Å². The number of aromatic nitrogens is 1. The lowest BCUT2D eigenvalue weighted by Crippen LogP contribution is -2.27. The molecule has 2 saturated carbocycles. The van der Waals surface area contributed by atoms with Crippen molar-refractivity contribution in [1.29, 1.82) is 0 Å². The summed E-state index contributed by atoms with van der Waals surface area (Å²) in [6.45, 7) is 3.89. The number of hydrogen-bond donors (Lipinski definition) is 2. The molecule has 0 saturated heterocycles. The molecule has 2 aliphatic carbocycles. The van der Waals surface area contributed by atoms with E-state index >= 15 is 0 Å². The van der Waals surface area contributed by atoms with Gasteiger partial charge in [-0.05, 0) is 91.7 Å². The van der Waals surface area contributed by atoms with Crippen LogP contribution in [-0.4, -0.2) is 22.0 Å². The molecule has 1 aromatic heterocycles. The molecule has 198 valence electrons. The highest BCUT2D eigenvalue weighted by Gasteiger charge is 2.36. The number of carbonyl (C=O) groups is 2. The van der Waals surface area contributed by atoms with E-state index in [0.29, 0.717) is 16.9 Å². The third-order valence-corrected chi connectivity index (χ3v) is 8.78. The number of hydrogen-bond acceptors (Lipinski definition) is 3. The van der Waals surface area contributed by atoms with Crippen molar-refractivity contribution in [2.45, 2.75) is 70.6 Å². The van der Waals surface area contributed by atoms with E-state index in [9.17, 15) is 14.7 Å². The van der Waals surface area contributed by atoms with E-state index in [1.54, 1.807) is 0 Å². The third-order valence-electron chi connectivity index (χ3n) is 8.40. The van der Waals surface area contributed by atoms with Crippen molar-refractivity contribution in [2.24, 2.45) is 11.8 Å². The van der Waals surface area contributed by atoms with Crippen LogP contribution in [0.4, 0.5) is 5.69 Å². The Bertz CT molecular complexity index is 1330. The summed E-state index contributed by atoms with van der Waals surface area (Å²) in [5.41, 5.74) is 6.58. The maximum atomic E-state index is 13.9. The van der Waals surface area contributed by atoms with Gasteiger partial charge in [0.05, 0.1) is 23.1 Å². The lowest BCUT2D eigenvalue weighted by atomic mass is 9.83. The van der Waals surface area contributed by atoms with Gasteiger partial charge in [-0.25, -0.2) is 0 Å². The number of aryl methyl sites for hydroxylation is 1. The van der Waals surface area contributed by atoms with E-state index in [4.69, 9.17) is 11.6 Å². The number of anilines is 1. The summed E-state index contributed by atoms with van der Waals surface area (Å²) in [7, 11) is 0. The average Bonchev–Trinajstić information content (AvgIpc) is 3.61. The first-order valence-electron chi connectivity index (χ1n) is 13.7. The van der Waals surface area contributed by atoms with Crippen molar-refractivity contribution in [2.75, 3.05) is 5.32 Å². The van der Waals surface area contributed by atoms with E-state index in [2.05, 4.69) is 22.4 Å². The normalized spacial score (nSPS) is 17.2. The third kappa shape index (κ3) is 5.78. The predicted molar refractivity (Wildman–Crippen MR) is 152 cm³/mol. The lowest BCUT2D eigenvalue weighted by Gasteiger charge is -2.25. The first kappa shape index (κ1) is 26.4. The molecule has 1 heterocycles. The number of carboxylic acids is 1. The molecule has 3 aromatic rings. The minimum Gasteiger partial charge on any atom is -0.481 e. The topological polar surface area (TPSA) is 79.3 Å². The molecule has 38 heavy (non-hydrogen) atoms. The zero-order valence-corrected chi connectivity index (χ0v) is 22.8. The molecule has 0 bridgehead atoms. The summed E-state index contributed by atoms with van der Waals surface area (Å²) in [6, 6.07) is 16.0. The Morgan fingerprint density at radius 2 is 1.71 bits per heavy atom. The van der Waals surface area contributed by atoms with E-state index < -0.39 is 5.97 Å². The van der Waals surface area contributed by atoms with Gasteiger partial charge in [0.15, 0.2) is 0 Å². The molecule has 5 nitrogen and oxygen atoms in total. The van der Waals surface area contributed by atoms with Crippen LogP contribution in [0.3, 0.4) is 0 Å². The van der Waals surface area contributed by atoms with Crippen molar-refractivity contribution in [3.8, 4) is 11.1 Å². The molecule has 5 rings (SSSR count). The van der Waals surface area contributed by atoms with Crippen LogP contribution in [0.5, 0.6) is 0 Å². The number of nitrogens with one attached hydrogen (secondary N) is 1. The van der Waals surface area contributed by atoms with E-state index in [1.165, 1.54) is 0 Å². The molecule has 0 aliphatic heterocycles. The standard InChI is InChI=1S/C32H35ClN2O3/c1-19-26(27(17-30(36)37)22-12-13-22)8-5-9-29(19)35-32(38)31(23-6-3-4-7-23)24-14-10-21(11-15-24)25-16-28(33)20(2)34-18-25/h5,8-11,14-16,18,22-23,27,31H,3-4,6-7,12-13,17H2,1-2H3,(H,35,38)(H,36,37). The Morgan fingerprint density at radius 3 is 2.34 bits per heavy atom. The smallest absolute Gasteiger partial charge is 0.303 e. The van der Waals surface area contributed by atoms with E-state index in [-0.39, 0.29) is 24.2 Å². The molecule has 2 aromatic carbocycles. The van der Waals surface area contributed by atoms with E-state index in [1.807, 2.05) is 56.4 Å².